The zero-order chi connectivity index (χ0) is 17.8. The highest BCUT2D eigenvalue weighted by Gasteiger charge is 2.23. The number of likely N-dealkylation sites (tertiary alicyclic amines) is 1. The van der Waals surface area contributed by atoms with Crippen LogP contribution in [0.15, 0.2) is 59.4 Å². The quantitative estimate of drug-likeness (QED) is 0.765. The summed E-state index contributed by atoms with van der Waals surface area (Å²) in [5.41, 5.74) is 1.60. The molecule has 134 valence electrons. The number of anilines is 1. The molecule has 1 aromatic carbocycles. The van der Waals surface area contributed by atoms with Crippen LogP contribution in [0, 0.1) is 0 Å². The van der Waals surface area contributed by atoms with Crippen molar-refractivity contribution >= 4 is 11.7 Å². The van der Waals surface area contributed by atoms with Gasteiger partial charge in [0.1, 0.15) is 12.1 Å². The second-order valence-corrected chi connectivity index (χ2v) is 6.48. The summed E-state index contributed by atoms with van der Waals surface area (Å²) in [6.45, 7) is 2.73. The van der Waals surface area contributed by atoms with Gasteiger partial charge >= 0.3 is 0 Å². The molecular formula is C19H21N5O2. The van der Waals surface area contributed by atoms with Crippen LogP contribution in [0.5, 0.6) is 0 Å². The van der Waals surface area contributed by atoms with E-state index in [0.717, 1.165) is 44.0 Å². The molecule has 0 aliphatic carbocycles. The Bertz CT molecular complexity index is 836. The van der Waals surface area contributed by atoms with Crippen molar-refractivity contribution in [3.05, 3.63) is 66.2 Å². The average molecular weight is 351 g/mol. The van der Waals surface area contributed by atoms with Gasteiger partial charge in [0, 0.05) is 37.3 Å². The molecular weight excluding hydrogens is 330 g/mol. The summed E-state index contributed by atoms with van der Waals surface area (Å²) in [5.74, 6) is 0.629. The van der Waals surface area contributed by atoms with E-state index in [1.54, 1.807) is 24.6 Å². The fourth-order valence-corrected chi connectivity index (χ4v) is 3.35. The lowest BCUT2D eigenvalue weighted by molar-refractivity contribution is 0.102. The number of nitrogens with zero attached hydrogens (tertiary/aromatic N) is 4. The van der Waals surface area contributed by atoms with Gasteiger partial charge < -0.3 is 9.84 Å². The molecule has 4 rings (SSSR count). The van der Waals surface area contributed by atoms with E-state index in [9.17, 15) is 4.79 Å². The lowest BCUT2D eigenvalue weighted by atomic mass is 10.1. The minimum atomic E-state index is -0.115. The Morgan fingerprint density at radius 2 is 1.96 bits per heavy atom. The van der Waals surface area contributed by atoms with Crippen molar-refractivity contribution in [1.82, 2.24) is 19.8 Å². The summed E-state index contributed by atoms with van der Waals surface area (Å²) in [7, 11) is 0. The van der Waals surface area contributed by atoms with E-state index in [-0.39, 0.29) is 11.9 Å². The molecule has 0 unspecified atom stereocenters. The number of benzene rings is 1. The number of amides is 1. The lowest BCUT2D eigenvalue weighted by Crippen LogP contribution is -2.35. The third-order valence-corrected chi connectivity index (χ3v) is 4.73. The van der Waals surface area contributed by atoms with E-state index in [1.165, 1.54) is 0 Å². The molecule has 0 radical (unpaired) electrons. The summed E-state index contributed by atoms with van der Waals surface area (Å²) >= 11 is 0. The Morgan fingerprint density at radius 1 is 1.15 bits per heavy atom. The maximum atomic E-state index is 12.4. The molecule has 1 saturated heterocycles. The highest BCUT2D eigenvalue weighted by atomic mass is 16.5. The van der Waals surface area contributed by atoms with Crippen LogP contribution >= 0.6 is 0 Å². The predicted molar refractivity (Wildman–Crippen MR) is 96.7 cm³/mol. The van der Waals surface area contributed by atoms with Gasteiger partial charge in [-0.05, 0) is 25.0 Å². The van der Waals surface area contributed by atoms with Gasteiger partial charge in [0.15, 0.2) is 0 Å². The highest BCUT2D eigenvalue weighted by Crippen LogP contribution is 2.26. The predicted octanol–water partition coefficient (Wildman–Crippen LogP) is 2.96. The summed E-state index contributed by atoms with van der Waals surface area (Å²) in [6, 6.07) is 13.3. The molecule has 1 fully saturated rings. The number of rotatable bonds is 5. The molecule has 1 N–H and O–H groups in total. The number of piperidine rings is 1. The van der Waals surface area contributed by atoms with Crippen molar-refractivity contribution in [1.29, 1.82) is 0 Å². The van der Waals surface area contributed by atoms with Crippen LogP contribution in [0.2, 0.25) is 0 Å². The summed E-state index contributed by atoms with van der Waals surface area (Å²) < 4.78 is 6.83. The van der Waals surface area contributed by atoms with Crippen LogP contribution in [0.1, 0.15) is 34.9 Å². The fraction of sp³-hybridized carbons (Fsp3) is 0.316. The lowest BCUT2D eigenvalue weighted by Gasteiger charge is -2.32. The molecule has 0 saturated carbocycles. The van der Waals surface area contributed by atoms with Crippen LogP contribution < -0.4 is 5.32 Å². The molecule has 1 aliphatic heterocycles. The topological polar surface area (TPSA) is 76.2 Å². The van der Waals surface area contributed by atoms with E-state index in [4.69, 9.17) is 4.52 Å². The molecule has 1 aliphatic rings. The number of nitrogens with one attached hydrogen (secondary N) is 1. The summed E-state index contributed by atoms with van der Waals surface area (Å²) in [5, 5.41) is 11.4. The monoisotopic (exact) mass is 351 g/mol. The molecule has 0 atom stereocenters. The standard InChI is InChI=1S/C19H21N5O2/c25-19(15-4-2-1-3-5-15)21-18-6-10-20-24(18)17-7-11-23(12-8-17)14-16-9-13-26-22-16/h1-6,9-10,13,17H,7-8,11-12,14H2,(H,21,25). The Balaban J connectivity index is 1.37. The smallest absolute Gasteiger partial charge is 0.256 e. The molecule has 1 amide bonds. The molecule has 0 bridgehead atoms. The number of hydrogen-bond donors (Lipinski definition) is 1. The van der Waals surface area contributed by atoms with Crippen molar-refractivity contribution in [2.75, 3.05) is 18.4 Å². The van der Waals surface area contributed by atoms with Crippen LogP contribution in [-0.2, 0) is 6.54 Å². The zero-order valence-electron chi connectivity index (χ0n) is 14.4. The maximum absolute atomic E-state index is 12.4. The largest absolute Gasteiger partial charge is 0.364 e. The Labute approximate surface area is 151 Å². The Morgan fingerprint density at radius 3 is 2.69 bits per heavy atom. The van der Waals surface area contributed by atoms with E-state index in [2.05, 4.69) is 20.5 Å². The minimum absolute atomic E-state index is 0.115. The van der Waals surface area contributed by atoms with Crippen LogP contribution in [-0.4, -0.2) is 38.8 Å². The second kappa shape index (κ2) is 7.53. The first-order valence-electron chi connectivity index (χ1n) is 8.81. The Kier molecular flexibility index (Phi) is 4.79. The molecule has 7 heteroatoms. The van der Waals surface area contributed by atoms with Gasteiger partial charge in [-0.15, -0.1) is 0 Å². The van der Waals surface area contributed by atoms with Crippen molar-refractivity contribution in [2.24, 2.45) is 0 Å². The van der Waals surface area contributed by atoms with Gasteiger partial charge in [-0.3, -0.25) is 9.69 Å². The van der Waals surface area contributed by atoms with Crippen molar-refractivity contribution < 1.29 is 9.32 Å². The van der Waals surface area contributed by atoms with Gasteiger partial charge in [-0.1, -0.05) is 23.4 Å². The first-order valence-corrected chi connectivity index (χ1v) is 8.81. The van der Waals surface area contributed by atoms with E-state index in [1.807, 2.05) is 35.0 Å². The van der Waals surface area contributed by atoms with Gasteiger partial charge in [0.25, 0.3) is 5.91 Å². The molecule has 0 spiro atoms. The molecule has 3 aromatic rings. The van der Waals surface area contributed by atoms with Crippen LogP contribution in [0.4, 0.5) is 5.82 Å². The number of hydrogen-bond acceptors (Lipinski definition) is 5. The van der Waals surface area contributed by atoms with E-state index in [0.29, 0.717) is 5.56 Å². The third-order valence-electron chi connectivity index (χ3n) is 4.73. The first-order chi connectivity index (χ1) is 12.8. The van der Waals surface area contributed by atoms with Gasteiger partial charge in [-0.25, -0.2) is 4.68 Å². The van der Waals surface area contributed by atoms with Crippen molar-refractivity contribution in [3.63, 3.8) is 0 Å². The Hall–Kier alpha value is -2.93. The fourth-order valence-electron chi connectivity index (χ4n) is 3.35. The van der Waals surface area contributed by atoms with Gasteiger partial charge in [0.05, 0.1) is 17.9 Å². The molecule has 7 nitrogen and oxygen atoms in total. The third kappa shape index (κ3) is 3.67. The maximum Gasteiger partial charge on any atom is 0.256 e. The van der Waals surface area contributed by atoms with Crippen LogP contribution in [0.25, 0.3) is 0 Å². The summed E-state index contributed by atoms with van der Waals surface area (Å²) in [6.07, 6.45) is 5.30. The van der Waals surface area contributed by atoms with Crippen molar-refractivity contribution in [3.8, 4) is 0 Å². The number of carbonyl (C=O) groups excluding carboxylic acids is 1. The van der Waals surface area contributed by atoms with Crippen molar-refractivity contribution in [2.45, 2.75) is 25.4 Å². The summed E-state index contributed by atoms with van der Waals surface area (Å²) in [4.78, 5) is 14.8. The zero-order valence-corrected chi connectivity index (χ0v) is 14.4. The van der Waals surface area contributed by atoms with Gasteiger partial charge in [-0.2, -0.15) is 5.10 Å². The normalized spacial score (nSPS) is 15.8. The molecule has 3 heterocycles. The molecule has 2 aromatic heterocycles. The SMILES string of the molecule is O=C(Nc1ccnn1C1CCN(Cc2ccon2)CC1)c1ccccc1. The number of aromatic nitrogens is 3. The minimum Gasteiger partial charge on any atom is -0.364 e. The number of carbonyl (C=O) groups is 1. The average Bonchev–Trinajstić information content (AvgIpc) is 3.35. The highest BCUT2D eigenvalue weighted by molar-refractivity contribution is 6.03. The molecule has 26 heavy (non-hydrogen) atoms. The van der Waals surface area contributed by atoms with E-state index < -0.39 is 0 Å². The van der Waals surface area contributed by atoms with Crippen LogP contribution in [0.3, 0.4) is 0 Å². The van der Waals surface area contributed by atoms with E-state index >= 15 is 0 Å². The van der Waals surface area contributed by atoms with Gasteiger partial charge in [0.2, 0.25) is 0 Å². The second-order valence-electron chi connectivity index (χ2n) is 6.48. The first kappa shape index (κ1) is 16.5.